The van der Waals surface area contributed by atoms with Gasteiger partial charge in [-0.3, -0.25) is 9.59 Å². The minimum atomic E-state index is -0.292. The number of hydrogen-bond acceptors (Lipinski definition) is 3. The number of carbonyl (C=O) groups excluding carboxylic acids is 1. The number of benzene rings is 1. The predicted octanol–water partition coefficient (Wildman–Crippen LogP) is 2.63. The number of imidazole rings is 1. The van der Waals surface area contributed by atoms with Gasteiger partial charge in [-0.25, -0.2) is 4.98 Å². The molecule has 0 unspecified atom stereocenters. The first-order valence-electron chi connectivity index (χ1n) is 7.16. The molecule has 0 atom stereocenters. The van der Waals surface area contributed by atoms with Crippen LogP contribution >= 0.6 is 0 Å². The second-order valence-electron chi connectivity index (χ2n) is 5.32. The number of hydrogen-bond donors (Lipinski definition) is 3. The molecule has 6 heteroatoms. The molecule has 0 radical (unpaired) electrons. The number of aromatic nitrogens is 3. The average molecular weight is 308 g/mol. The summed E-state index contributed by atoms with van der Waals surface area (Å²) in [5.41, 5.74) is 3.08. The fraction of sp³-hybridized carbons (Fsp3) is 0.118. The molecule has 6 nitrogen and oxygen atoms in total. The SMILES string of the molecule is Cc1cnc(-c2ccccc2NC(=O)c2c[nH]c(=O)c(C)c2)[nH]1. The molecule has 0 saturated carbocycles. The Balaban J connectivity index is 1.92. The molecule has 3 aromatic rings. The smallest absolute Gasteiger partial charge is 0.257 e. The molecule has 23 heavy (non-hydrogen) atoms. The van der Waals surface area contributed by atoms with Crippen LogP contribution in [0.5, 0.6) is 0 Å². The lowest BCUT2D eigenvalue weighted by atomic mass is 10.1. The zero-order chi connectivity index (χ0) is 16.4. The number of rotatable bonds is 3. The van der Waals surface area contributed by atoms with Crippen LogP contribution in [0.25, 0.3) is 11.4 Å². The van der Waals surface area contributed by atoms with Gasteiger partial charge in [-0.1, -0.05) is 12.1 Å². The highest BCUT2D eigenvalue weighted by Gasteiger charge is 2.12. The van der Waals surface area contributed by atoms with Crippen molar-refractivity contribution in [2.75, 3.05) is 5.32 Å². The molecule has 0 saturated heterocycles. The zero-order valence-corrected chi connectivity index (χ0v) is 12.8. The van der Waals surface area contributed by atoms with Crippen LogP contribution in [0.1, 0.15) is 21.6 Å². The van der Waals surface area contributed by atoms with E-state index < -0.39 is 0 Å². The zero-order valence-electron chi connectivity index (χ0n) is 12.8. The Morgan fingerprint density at radius 1 is 1.22 bits per heavy atom. The third-order valence-corrected chi connectivity index (χ3v) is 3.48. The minimum Gasteiger partial charge on any atom is -0.342 e. The first-order chi connectivity index (χ1) is 11.0. The van der Waals surface area contributed by atoms with Gasteiger partial charge in [0.15, 0.2) is 0 Å². The summed E-state index contributed by atoms with van der Waals surface area (Å²) in [6.45, 7) is 3.58. The van der Waals surface area contributed by atoms with Crippen molar-refractivity contribution >= 4 is 11.6 Å². The van der Waals surface area contributed by atoms with E-state index in [0.29, 0.717) is 22.6 Å². The van der Waals surface area contributed by atoms with E-state index in [9.17, 15) is 9.59 Å². The molecule has 3 rings (SSSR count). The maximum atomic E-state index is 12.4. The lowest BCUT2D eigenvalue weighted by Gasteiger charge is -2.09. The topological polar surface area (TPSA) is 90.6 Å². The van der Waals surface area contributed by atoms with Crippen LogP contribution in [-0.2, 0) is 0 Å². The van der Waals surface area contributed by atoms with E-state index in [1.165, 1.54) is 6.20 Å². The lowest BCUT2D eigenvalue weighted by molar-refractivity contribution is 0.102. The summed E-state index contributed by atoms with van der Waals surface area (Å²) in [5, 5.41) is 2.86. The van der Waals surface area contributed by atoms with Crippen molar-refractivity contribution < 1.29 is 4.79 Å². The highest BCUT2D eigenvalue weighted by atomic mass is 16.1. The fourth-order valence-corrected chi connectivity index (χ4v) is 2.27. The Labute approximate surface area is 132 Å². The summed E-state index contributed by atoms with van der Waals surface area (Å²) < 4.78 is 0. The summed E-state index contributed by atoms with van der Waals surface area (Å²) in [4.78, 5) is 33.8. The molecule has 0 bridgehead atoms. The third-order valence-electron chi connectivity index (χ3n) is 3.48. The molecule has 1 amide bonds. The molecular formula is C17H16N4O2. The van der Waals surface area contributed by atoms with E-state index in [-0.39, 0.29) is 11.5 Å². The van der Waals surface area contributed by atoms with Gasteiger partial charge in [-0.15, -0.1) is 0 Å². The van der Waals surface area contributed by atoms with Gasteiger partial charge in [0.25, 0.3) is 11.5 Å². The number of anilines is 1. The Morgan fingerprint density at radius 3 is 2.70 bits per heavy atom. The Kier molecular flexibility index (Phi) is 3.80. The van der Waals surface area contributed by atoms with Gasteiger partial charge in [-0.05, 0) is 32.0 Å². The maximum absolute atomic E-state index is 12.4. The van der Waals surface area contributed by atoms with Gasteiger partial charge in [0, 0.05) is 29.2 Å². The molecule has 0 aliphatic rings. The maximum Gasteiger partial charge on any atom is 0.257 e. The summed E-state index contributed by atoms with van der Waals surface area (Å²) in [6.07, 6.45) is 3.14. The first kappa shape index (κ1) is 14.8. The number of amides is 1. The monoisotopic (exact) mass is 308 g/mol. The van der Waals surface area contributed by atoms with E-state index in [0.717, 1.165) is 11.3 Å². The van der Waals surface area contributed by atoms with Crippen molar-refractivity contribution in [1.29, 1.82) is 0 Å². The number of pyridine rings is 1. The molecule has 1 aromatic carbocycles. The molecule has 0 spiro atoms. The van der Waals surface area contributed by atoms with Crippen molar-refractivity contribution in [1.82, 2.24) is 15.0 Å². The number of nitrogens with zero attached hydrogens (tertiary/aromatic N) is 1. The minimum absolute atomic E-state index is 0.201. The van der Waals surface area contributed by atoms with Crippen LogP contribution in [0, 0.1) is 13.8 Å². The van der Waals surface area contributed by atoms with Crippen LogP contribution in [0.4, 0.5) is 5.69 Å². The standard InChI is InChI=1S/C17H16N4O2/c1-10-7-12(9-19-16(10)22)17(23)21-14-6-4-3-5-13(14)15-18-8-11(2)20-15/h3-9H,1-2H3,(H,18,20)(H,19,22)(H,21,23). The van der Waals surface area contributed by atoms with Crippen molar-refractivity contribution in [3.8, 4) is 11.4 Å². The summed E-state index contributed by atoms with van der Waals surface area (Å²) in [7, 11) is 0. The van der Waals surface area contributed by atoms with Crippen molar-refractivity contribution in [3.63, 3.8) is 0 Å². The number of aromatic amines is 2. The van der Waals surface area contributed by atoms with Crippen molar-refractivity contribution in [3.05, 3.63) is 69.9 Å². The molecule has 2 aromatic heterocycles. The Bertz CT molecular complexity index is 924. The fourth-order valence-electron chi connectivity index (χ4n) is 2.27. The van der Waals surface area contributed by atoms with E-state index in [1.807, 2.05) is 31.2 Å². The number of carbonyl (C=O) groups is 1. The van der Waals surface area contributed by atoms with E-state index in [2.05, 4.69) is 20.3 Å². The highest BCUT2D eigenvalue weighted by molar-refractivity contribution is 6.05. The number of aryl methyl sites for hydroxylation is 2. The van der Waals surface area contributed by atoms with Gasteiger partial charge in [0.05, 0.1) is 11.3 Å². The van der Waals surface area contributed by atoms with Crippen LogP contribution in [0.2, 0.25) is 0 Å². The van der Waals surface area contributed by atoms with E-state index in [1.54, 1.807) is 19.2 Å². The van der Waals surface area contributed by atoms with Crippen LogP contribution in [-0.4, -0.2) is 20.9 Å². The molecule has 2 heterocycles. The highest BCUT2D eigenvalue weighted by Crippen LogP contribution is 2.25. The summed E-state index contributed by atoms with van der Waals surface area (Å²) >= 11 is 0. The second kappa shape index (κ2) is 5.92. The Morgan fingerprint density at radius 2 is 2.00 bits per heavy atom. The predicted molar refractivity (Wildman–Crippen MR) is 88.5 cm³/mol. The normalized spacial score (nSPS) is 10.5. The van der Waals surface area contributed by atoms with E-state index in [4.69, 9.17) is 0 Å². The van der Waals surface area contributed by atoms with Gasteiger partial charge in [0.2, 0.25) is 0 Å². The first-order valence-corrected chi connectivity index (χ1v) is 7.16. The van der Waals surface area contributed by atoms with Gasteiger partial charge >= 0.3 is 0 Å². The summed E-state index contributed by atoms with van der Waals surface area (Å²) in [5.74, 6) is 0.399. The van der Waals surface area contributed by atoms with Crippen LogP contribution in [0.15, 0.2) is 47.5 Å². The molecule has 0 fully saturated rings. The molecule has 0 aliphatic heterocycles. The second-order valence-corrected chi connectivity index (χ2v) is 5.32. The van der Waals surface area contributed by atoms with Gasteiger partial charge in [-0.2, -0.15) is 0 Å². The molecule has 116 valence electrons. The quantitative estimate of drug-likeness (QED) is 0.694. The van der Waals surface area contributed by atoms with Gasteiger partial charge in [0.1, 0.15) is 5.82 Å². The lowest BCUT2D eigenvalue weighted by Crippen LogP contribution is -2.17. The number of nitrogens with one attached hydrogen (secondary N) is 3. The molecule has 3 N–H and O–H groups in total. The van der Waals surface area contributed by atoms with Crippen LogP contribution < -0.4 is 10.9 Å². The number of para-hydroxylation sites is 1. The third kappa shape index (κ3) is 3.06. The van der Waals surface area contributed by atoms with Crippen molar-refractivity contribution in [2.45, 2.75) is 13.8 Å². The Hall–Kier alpha value is -3.15. The summed E-state index contributed by atoms with van der Waals surface area (Å²) in [6, 6.07) is 8.98. The number of H-pyrrole nitrogens is 2. The average Bonchev–Trinajstić information content (AvgIpc) is 2.97. The molecular weight excluding hydrogens is 292 g/mol. The van der Waals surface area contributed by atoms with Gasteiger partial charge < -0.3 is 15.3 Å². The van der Waals surface area contributed by atoms with Crippen molar-refractivity contribution in [2.24, 2.45) is 0 Å². The largest absolute Gasteiger partial charge is 0.342 e. The molecule has 0 aliphatic carbocycles. The van der Waals surface area contributed by atoms with Crippen LogP contribution in [0.3, 0.4) is 0 Å². The van der Waals surface area contributed by atoms with E-state index >= 15 is 0 Å².